The second-order valence-electron chi connectivity index (χ2n) is 4.84. The van der Waals surface area contributed by atoms with Crippen LogP contribution >= 0.6 is 15.9 Å². The van der Waals surface area contributed by atoms with Crippen molar-refractivity contribution in [1.29, 1.82) is 0 Å². The predicted molar refractivity (Wildman–Crippen MR) is 85.4 cm³/mol. The van der Waals surface area contributed by atoms with Gasteiger partial charge in [-0.05, 0) is 54.4 Å². The Hall–Kier alpha value is -1.39. The SMILES string of the molecule is CN(Cc1cccc(Br)c1)c1cc(F)cc(CCN)c1. The summed E-state index contributed by atoms with van der Waals surface area (Å²) < 4.78 is 14.7. The van der Waals surface area contributed by atoms with Gasteiger partial charge in [-0.25, -0.2) is 4.39 Å². The van der Waals surface area contributed by atoms with E-state index in [1.165, 1.54) is 5.56 Å². The molecular weight excluding hydrogens is 319 g/mol. The van der Waals surface area contributed by atoms with Gasteiger partial charge in [0.25, 0.3) is 0 Å². The van der Waals surface area contributed by atoms with E-state index in [4.69, 9.17) is 5.73 Å². The fraction of sp³-hybridized carbons (Fsp3) is 0.250. The lowest BCUT2D eigenvalue weighted by atomic mass is 10.1. The first-order valence-corrected chi connectivity index (χ1v) is 7.33. The molecule has 2 aromatic carbocycles. The van der Waals surface area contributed by atoms with Crippen LogP contribution in [0, 0.1) is 5.82 Å². The Morgan fingerprint density at radius 3 is 2.65 bits per heavy atom. The van der Waals surface area contributed by atoms with Crippen LogP contribution in [0.3, 0.4) is 0 Å². The lowest BCUT2D eigenvalue weighted by Crippen LogP contribution is -2.17. The summed E-state index contributed by atoms with van der Waals surface area (Å²) in [6.45, 7) is 1.25. The third-order valence-electron chi connectivity index (χ3n) is 3.12. The number of hydrogen-bond donors (Lipinski definition) is 1. The molecule has 2 N–H and O–H groups in total. The normalized spacial score (nSPS) is 10.6. The molecule has 0 aliphatic rings. The van der Waals surface area contributed by atoms with Crippen LogP contribution < -0.4 is 10.6 Å². The highest BCUT2D eigenvalue weighted by molar-refractivity contribution is 9.10. The summed E-state index contributed by atoms with van der Waals surface area (Å²) in [5.41, 5.74) is 8.51. The van der Waals surface area contributed by atoms with Crippen LogP contribution in [0.2, 0.25) is 0 Å². The molecule has 2 nitrogen and oxygen atoms in total. The number of rotatable bonds is 5. The number of hydrogen-bond acceptors (Lipinski definition) is 2. The maximum absolute atomic E-state index is 13.6. The van der Waals surface area contributed by atoms with Crippen molar-refractivity contribution in [3.63, 3.8) is 0 Å². The third kappa shape index (κ3) is 4.05. The van der Waals surface area contributed by atoms with Gasteiger partial charge >= 0.3 is 0 Å². The Morgan fingerprint density at radius 1 is 1.15 bits per heavy atom. The molecule has 2 rings (SSSR count). The molecule has 4 heteroatoms. The molecule has 0 unspecified atom stereocenters. The molecule has 0 heterocycles. The van der Waals surface area contributed by atoms with Gasteiger partial charge in [0.1, 0.15) is 5.82 Å². The van der Waals surface area contributed by atoms with Crippen LogP contribution in [0.4, 0.5) is 10.1 Å². The summed E-state index contributed by atoms with van der Waals surface area (Å²) in [6, 6.07) is 13.2. The molecule has 0 radical (unpaired) electrons. The first-order chi connectivity index (χ1) is 9.58. The van der Waals surface area contributed by atoms with Crippen molar-refractivity contribution >= 4 is 21.6 Å². The van der Waals surface area contributed by atoms with Gasteiger partial charge in [-0.2, -0.15) is 0 Å². The van der Waals surface area contributed by atoms with Crippen molar-refractivity contribution in [3.8, 4) is 0 Å². The second kappa shape index (κ2) is 6.86. The molecule has 0 fully saturated rings. The second-order valence-corrected chi connectivity index (χ2v) is 5.76. The Labute approximate surface area is 127 Å². The van der Waals surface area contributed by atoms with Crippen molar-refractivity contribution in [2.24, 2.45) is 5.73 Å². The monoisotopic (exact) mass is 336 g/mol. The molecule has 106 valence electrons. The van der Waals surface area contributed by atoms with Crippen LogP contribution in [0.15, 0.2) is 46.9 Å². The zero-order chi connectivity index (χ0) is 14.5. The summed E-state index contributed by atoms with van der Waals surface area (Å²) >= 11 is 3.46. The average Bonchev–Trinajstić information content (AvgIpc) is 2.38. The van der Waals surface area contributed by atoms with Crippen LogP contribution in [-0.4, -0.2) is 13.6 Å². The standard InChI is InChI=1S/C16H18BrFN2/c1-20(11-13-3-2-4-14(17)7-13)16-9-12(5-6-19)8-15(18)10-16/h2-4,7-10H,5-6,11,19H2,1H3. The molecule has 0 aliphatic carbocycles. The Balaban J connectivity index is 2.18. The maximum Gasteiger partial charge on any atom is 0.125 e. The molecule has 20 heavy (non-hydrogen) atoms. The van der Waals surface area contributed by atoms with E-state index < -0.39 is 0 Å². The van der Waals surface area contributed by atoms with Crippen LogP contribution in [-0.2, 0) is 13.0 Å². The molecule has 2 aromatic rings. The van der Waals surface area contributed by atoms with Crippen LogP contribution in [0.5, 0.6) is 0 Å². The Kier molecular flexibility index (Phi) is 5.15. The topological polar surface area (TPSA) is 29.3 Å². The van der Waals surface area contributed by atoms with Gasteiger partial charge in [0.2, 0.25) is 0 Å². The van der Waals surface area contributed by atoms with Gasteiger partial charge in [-0.15, -0.1) is 0 Å². The molecule has 0 aliphatic heterocycles. The number of nitrogens with zero attached hydrogens (tertiary/aromatic N) is 1. The maximum atomic E-state index is 13.6. The Morgan fingerprint density at radius 2 is 1.95 bits per heavy atom. The molecule has 0 amide bonds. The summed E-state index contributed by atoms with van der Waals surface area (Å²) in [5.74, 6) is -0.216. The van der Waals surface area contributed by atoms with Crippen molar-refractivity contribution in [3.05, 3.63) is 63.9 Å². The highest BCUT2D eigenvalue weighted by Crippen LogP contribution is 2.21. The zero-order valence-corrected chi connectivity index (χ0v) is 13.0. The Bertz CT molecular complexity index is 586. The van der Waals surface area contributed by atoms with Crippen LogP contribution in [0.25, 0.3) is 0 Å². The van der Waals surface area contributed by atoms with Gasteiger partial charge in [0, 0.05) is 23.8 Å². The first kappa shape index (κ1) is 15.0. The van der Waals surface area contributed by atoms with Crippen molar-refractivity contribution in [2.45, 2.75) is 13.0 Å². The van der Waals surface area contributed by atoms with E-state index in [-0.39, 0.29) is 5.82 Å². The molecule has 0 spiro atoms. The summed E-state index contributed by atoms with van der Waals surface area (Å²) in [5, 5.41) is 0. The van der Waals surface area contributed by atoms with E-state index in [0.29, 0.717) is 13.0 Å². The fourth-order valence-corrected chi connectivity index (χ4v) is 2.61. The minimum absolute atomic E-state index is 0.216. The number of anilines is 1. The molecule has 0 aromatic heterocycles. The number of nitrogens with two attached hydrogens (primary N) is 1. The number of halogens is 2. The van der Waals surface area contributed by atoms with Gasteiger partial charge < -0.3 is 10.6 Å². The number of benzene rings is 2. The van der Waals surface area contributed by atoms with Gasteiger partial charge in [0.05, 0.1) is 0 Å². The minimum atomic E-state index is -0.216. The van der Waals surface area contributed by atoms with E-state index in [1.807, 2.05) is 30.1 Å². The summed E-state index contributed by atoms with van der Waals surface area (Å²) in [6.07, 6.45) is 0.690. The summed E-state index contributed by atoms with van der Waals surface area (Å²) in [4.78, 5) is 2.03. The lowest BCUT2D eigenvalue weighted by Gasteiger charge is -2.20. The molecular formula is C16H18BrFN2. The van der Waals surface area contributed by atoms with E-state index in [1.54, 1.807) is 12.1 Å². The quantitative estimate of drug-likeness (QED) is 0.901. The lowest BCUT2D eigenvalue weighted by molar-refractivity contribution is 0.624. The van der Waals surface area contributed by atoms with Crippen molar-refractivity contribution < 1.29 is 4.39 Å². The molecule has 0 bridgehead atoms. The summed E-state index contributed by atoms with van der Waals surface area (Å²) in [7, 11) is 1.96. The smallest absolute Gasteiger partial charge is 0.125 e. The predicted octanol–water partition coefficient (Wildman–Crippen LogP) is 3.73. The highest BCUT2D eigenvalue weighted by Gasteiger charge is 2.06. The van der Waals surface area contributed by atoms with E-state index in [0.717, 1.165) is 22.3 Å². The van der Waals surface area contributed by atoms with Gasteiger partial charge in [-0.3, -0.25) is 0 Å². The molecule has 0 atom stereocenters. The highest BCUT2D eigenvalue weighted by atomic mass is 79.9. The molecule has 0 saturated heterocycles. The molecule has 0 saturated carbocycles. The average molecular weight is 337 g/mol. The first-order valence-electron chi connectivity index (χ1n) is 6.53. The van der Waals surface area contributed by atoms with Gasteiger partial charge in [0.15, 0.2) is 0 Å². The minimum Gasteiger partial charge on any atom is -0.370 e. The van der Waals surface area contributed by atoms with E-state index in [9.17, 15) is 4.39 Å². The third-order valence-corrected chi connectivity index (χ3v) is 3.62. The zero-order valence-electron chi connectivity index (χ0n) is 11.4. The van der Waals surface area contributed by atoms with Crippen molar-refractivity contribution in [2.75, 3.05) is 18.5 Å². The van der Waals surface area contributed by atoms with Crippen molar-refractivity contribution in [1.82, 2.24) is 0 Å². The van der Waals surface area contributed by atoms with E-state index >= 15 is 0 Å². The largest absolute Gasteiger partial charge is 0.370 e. The van der Waals surface area contributed by atoms with Crippen LogP contribution in [0.1, 0.15) is 11.1 Å². The van der Waals surface area contributed by atoms with E-state index in [2.05, 4.69) is 28.1 Å². The fourth-order valence-electron chi connectivity index (χ4n) is 2.17. The van der Waals surface area contributed by atoms with Gasteiger partial charge in [-0.1, -0.05) is 28.1 Å².